The molecule has 1 atom stereocenters. The fourth-order valence-electron chi connectivity index (χ4n) is 3.20. The van der Waals surface area contributed by atoms with Crippen molar-refractivity contribution in [1.29, 1.82) is 0 Å². The van der Waals surface area contributed by atoms with Crippen molar-refractivity contribution in [1.82, 2.24) is 9.80 Å². The van der Waals surface area contributed by atoms with Crippen molar-refractivity contribution in [2.45, 2.75) is 30.8 Å². The minimum Gasteiger partial charge on any atom is -0.392 e. The number of benzene rings is 1. The summed E-state index contributed by atoms with van der Waals surface area (Å²) in [7, 11) is 1.85. The van der Waals surface area contributed by atoms with Crippen LogP contribution >= 0.6 is 23.4 Å². The number of likely N-dealkylation sites (tertiary alicyclic amines) is 1. The van der Waals surface area contributed by atoms with Crippen molar-refractivity contribution in [2.24, 2.45) is 5.92 Å². The van der Waals surface area contributed by atoms with Crippen molar-refractivity contribution in [3.05, 3.63) is 28.8 Å². The lowest BCUT2D eigenvalue weighted by atomic mass is 9.96. The Morgan fingerprint density at radius 2 is 2.12 bits per heavy atom. The van der Waals surface area contributed by atoms with Gasteiger partial charge in [0.05, 0.1) is 16.7 Å². The first kappa shape index (κ1) is 19.6. The number of thioether (sulfide) groups is 1. The molecular weight excluding hydrogens is 344 g/mol. The summed E-state index contributed by atoms with van der Waals surface area (Å²) in [4.78, 5) is 17.8. The van der Waals surface area contributed by atoms with Crippen LogP contribution in [0.1, 0.15) is 30.1 Å². The first-order valence-corrected chi connectivity index (χ1v) is 10.0. The van der Waals surface area contributed by atoms with E-state index in [1.54, 1.807) is 22.7 Å². The average Bonchev–Trinajstić information content (AvgIpc) is 2.56. The Morgan fingerprint density at radius 1 is 1.46 bits per heavy atom. The van der Waals surface area contributed by atoms with Gasteiger partial charge < -0.3 is 14.9 Å². The molecule has 0 bridgehead atoms. The molecule has 2 rings (SSSR count). The number of piperidine rings is 1. The number of carbonyl (C=O) groups excluding carboxylic acids is 1. The third-order valence-electron chi connectivity index (χ3n) is 4.51. The summed E-state index contributed by atoms with van der Waals surface area (Å²) in [6.45, 7) is 5.28. The maximum absolute atomic E-state index is 12.7. The molecule has 0 aliphatic carbocycles. The van der Waals surface area contributed by atoms with Crippen molar-refractivity contribution in [2.75, 3.05) is 39.5 Å². The van der Waals surface area contributed by atoms with E-state index in [2.05, 4.69) is 4.90 Å². The topological polar surface area (TPSA) is 43.8 Å². The highest BCUT2D eigenvalue weighted by atomic mass is 35.5. The second kappa shape index (κ2) is 9.09. The third-order valence-corrected chi connectivity index (χ3v) is 5.57. The number of halogens is 1. The zero-order valence-corrected chi connectivity index (χ0v) is 16.2. The molecule has 24 heavy (non-hydrogen) atoms. The zero-order chi connectivity index (χ0) is 17.7. The molecule has 1 aliphatic heterocycles. The number of aliphatic hydroxyl groups excluding tert-OH is 1. The summed E-state index contributed by atoms with van der Waals surface area (Å²) in [5.41, 5.74) is 0.581. The quantitative estimate of drug-likeness (QED) is 0.781. The summed E-state index contributed by atoms with van der Waals surface area (Å²) in [6.07, 6.45) is 3.82. The molecule has 0 aromatic heterocycles. The number of hydrogen-bond donors (Lipinski definition) is 1. The van der Waals surface area contributed by atoms with Gasteiger partial charge in [0.1, 0.15) is 0 Å². The highest BCUT2D eigenvalue weighted by Crippen LogP contribution is 2.25. The number of hydrogen-bond acceptors (Lipinski definition) is 4. The molecule has 1 aromatic carbocycles. The molecule has 1 aliphatic rings. The Morgan fingerprint density at radius 3 is 2.71 bits per heavy atom. The first-order chi connectivity index (χ1) is 11.4. The molecule has 1 heterocycles. The van der Waals surface area contributed by atoms with E-state index in [9.17, 15) is 9.90 Å². The fraction of sp³-hybridized carbons (Fsp3) is 0.611. The molecule has 6 heteroatoms. The first-order valence-electron chi connectivity index (χ1n) is 8.40. The minimum atomic E-state index is -0.281. The standard InChI is InChI=1S/C18H27ClN2O2S/c1-13(22)11-21-8-6-14(7-9-21)12-20(2)18(23)16-10-15(24-3)4-5-17(16)19/h4-5,10,13-14,22H,6-9,11-12H2,1-3H3/t13-/m0/s1. The highest BCUT2D eigenvalue weighted by Gasteiger charge is 2.24. The lowest BCUT2D eigenvalue weighted by Gasteiger charge is -2.34. The smallest absolute Gasteiger partial charge is 0.255 e. The maximum atomic E-state index is 12.7. The number of β-amino-alcohol motifs (C(OH)–C–C–N with tert-alkyl or cyclic N) is 1. The van der Waals surface area contributed by atoms with Gasteiger partial charge in [0.2, 0.25) is 0 Å². The van der Waals surface area contributed by atoms with Crippen LogP contribution in [0.2, 0.25) is 5.02 Å². The van der Waals surface area contributed by atoms with Crippen LogP contribution in [0.5, 0.6) is 0 Å². The molecule has 0 unspecified atom stereocenters. The Labute approximate surface area is 154 Å². The predicted octanol–water partition coefficient (Wildman–Crippen LogP) is 3.23. The number of rotatable bonds is 6. The number of nitrogens with zero attached hydrogens (tertiary/aromatic N) is 2. The van der Waals surface area contributed by atoms with E-state index < -0.39 is 0 Å². The van der Waals surface area contributed by atoms with Crippen LogP contribution in [-0.2, 0) is 0 Å². The van der Waals surface area contributed by atoms with E-state index in [0.717, 1.165) is 43.9 Å². The molecule has 1 aromatic rings. The minimum absolute atomic E-state index is 0.0117. The average molecular weight is 371 g/mol. The van der Waals surface area contributed by atoms with Gasteiger partial charge in [0.15, 0.2) is 0 Å². The molecule has 0 spiro atoms. The van der Waals surface area contributed by atoms with E-state index in [1.165, 1.54) is 0 Å². The monoisotopic (exact) mass is 370 g/mol. The maximum Gasteiger partial charge on any atom is 0.255 e. The molecule has 1 N–H and O–H groups in total. The zero-order valence-electron chi connectivity index (χ0n) is 14.7. The largest absolute Gasteiger partial charge is 0.392 e. The van der Waals surface area contributed by atoms with Crippen LogP contribution < -0.4 is 0 Å². The Bertz CT molecular complexity index is 560. The summed E-state index contributed by atoms with van der Waals surface area (Å²) in [6, 6.07) is 5.60. The van der Waals surface area contributed by atoms with Crippen LogP contribution in [0, 0.1) is 5.92 Å². The van der Waals surface area contributed by atoms with E-state index >= 15 is 0 Å². The summed E-state index contributed by atoms with van der Waals surface area (Å²) in [5, 5.41) is 9.99. The molecule has 4 nitrogen and oxygen atoms in total. The van der Waals surface area contributed by atoms with Crippen molar-refractivity contribution in [3.63, 3.8) is 0 Å². The Hall–Kier alpha value is -0.750. The summed E-state index contributed by atoms with van der Waals surface area (Å²) >= 11 is 7.82. The number of amides is 1. The lowest BCUT2D eigenvalue weighted by Crippen LogP contribution is -2.41. The molecule has 1 fully saturated rings. The van der Waals surface area contributed by atoms with Gasteiger partial charge >= 0.3 is 0 Å². The van der Waals surface area contributed by atoms with Gasteiger partial charge in [-0.2, -0.15) is 0 Å². The van der Waals surface area contributed by atoms with Crippen LogP contribution in [0.4, 0.5) is 0 Å². The fourth-order valence-corrected chi connectivity index (χ4v) is 3.83. The second-order valence-electron chi connectivity index (χ2n) is 6.62. The summed E-state index contributed by atoms with van der Waals surface area (Å²) in [5.74, 6) is 0.494. The number of aliphatic hydroxyl groups is 1. The van der Waals surface area contributed by atoms with E-state index in [-0.39, 0.29) is 12.0 Å². The predicted molar refractivity (Wildman–Crippen MR) is 101 cm³/mol. The molecular formula is C18H27ClN2O2S. The van der Waals surface area contributed by atoms with Crippen molar-refractivity contribution in [3.8, 4) is 0 Å². The van der Waals surface area contributed by atoms with E-state index in [0.29, 0.717) is 16.5 Å². The lowest BCUT2D eigenvalue weighted by molar-refractivity contribution is 0.0702. The highest BCUT2D eigenvalue weighted by molar-refractivity contribution is 7.98. The van der Waals surface area contributed by atoms with Gasteiger partial charge in [-0.3, -0.25) is 4.79 Å². The third kappa shape index (κ3) is 5.38. The molecule has 1 amide bonds. The SMILES string of the molecule is CSc1ccc(Cl)c(C(=O)N(C)CC2CCN(C[C@H](C)O)CC2)c1. The van der Waals surface area contributed by atoms with Gasteiger partial charge in [-0.15, -0.1) is 11.8 Å². The summed E-state index contributed by atoms with van der Waals surface area (Å²) < 4.78 is 0. The van der Waals surface area contributed by atoms with Crippen molar-refractivity contribution < 1.29 is 9.90 Å². The second-order valence-corrected chi connectivity index (χ2v) is 7.91. The Kier molecular flexibility index (Phi) is 7.41. The molecule has 0 saturated carbocycles. The molecule has 0 radical (unpaired) electrons. The Balaban J connectivity index is 1.91. The van der Waals surface area contributed by atoms with Crippen LogP contribution in [-0.4, -0.2) is 66.4 Å². The van der Waals surface area contributed by atoms with Gasteiger partial charge in [0, 0.05) is 25.0 Å². The van der Waals surface area contributed by atoms with Gasteiger partial charge in [0.25, 0.3) is 5.91 Å². The van der Waals surface area contributed by atoms with Gasteiger partial charge in [-0.1, -0.05) is 11.6 Å². The molecule has 1 saturated heterocycles. The van der Waals surface area contributed by atoms with Gasteiger partial charge in [-0.05, 0) is 63.2 Å². The van der Waals surface area contributed by atoms with Gasteiger partial charge in [-0.25, -0.2) is 0 Å². The van der Waals surface area contributed by atoms with Crippen LogP contribution in [0.15, 0.2) is 23.1 Å². The number of carbonyl (C=O) groups is 1. The van der Waals surface area contributed by atoms with Crippen molar-refractivity contribution >= 4 is 29.3 Å². The van der Waals surface area contributed by atoms with E-state index in [4.69, 9.17) is 11.6 Å². The van der Waals surface area contributed by atoms with Crippen LogP contribution in [0.3, 0.4) is 0 Å². The van der Waals surface area contributed by atoms with E-state index in [1.807, 2.05) is 32.4 Å². The molecule has 134 valence electrons. The van der Waals surface area contributed by atoms with Crippen LogP contribution in [0.25, 0.3) is 0 Å². The normalized spacial score (nSPS) is 17.7.